The number of nitrogens with zero attached hydrogens (tertiary/aromatic N) is 2. The van der Waals surface area contributed by atoms with Gasteiger partial charge in [-0.2, -0.15) is 0 Å². The quantitative estimate of drug-likeness (QED) is 0.518. The highest BCUT2D eigenvalue weighted by atomic mass is 16.6. The lowest BCUT2D eigenvalue weighted by Crippen LogP contribution is -2.24. The molecule has 1 fully saturated rings. The summed E-state index contributed by atoms with van der Waals surface area (Å²) >= 11 is 0. The number of nitro groups is 1. The van der Waals surface area contributed by atoms with Crippen LogP contribution in [-0.2, 0) is 0 Å². The van der Waals surface area contributed by atoms with E-state index in [1.54, 1.807) is 6.07 Å². The number of rotatable bonds is 4. The maximum atomic E-state index is 10.8. The minimum Gasteiger partial charge on any atom is -0.393 e. The molecule has 0 radical (unpaired) electrons. The molecule has 1 aromatic rings. The zero-order valence-corrected chi connectivity index (χ0v) is 12.0. The molecule has 1 aliphatic heterocycles. The lowest BCUT2D eigenvalue weighted by atomic mass is 9.96. The molecule has 0 aliphatic carbocycles. The van der Waals surface area contributed by atoms with Crippen molar-refractivity contribution in [3.05, 3.63) is 28.3 Å². The van der Waals surface area contributed by atoms with Crippen LogP contribution in [0.3, 0.4) is 0 Å². The van der Waals surface area contributed by atoms with Gasteiger partial charge in [-0.05, 0) is 37.3 Å². The highest BCUT2D eigenvalue weighted by Gasteiger charge is 2.18. The molecule has 1 heterocycles. The smallest absolute Gasteiger partial charge is 0.292 e. The maximum absolute atomic E-state index is 10.8. The molecule has 0 aromatic heterocycles. The third-order valence-electron chi connectivity index (χ3n) is 4.12. The minimum atomic E-state index is -0.432. The molecule has 110 valence electrons. The first-order valence-electron chi connectivity index (χ1n) is 7.40. The number of nitrogens with two attached hydrogens (primary N) is 1. The molecule has 0 spiro atoms. The van der Waals surface area contributed by atoms with E-state index >= 15 is 0 Å². The Hall–Kier alpha value is -1.78. The topological polar surface area (TPSA) is 72.4 Å². The first-order chi connectivity index (χ1) is 9.61. The van der Waals surface area contributed by atoms with Crippen LogP contribution in [0.5, 0.6) is 0 Å². The van der Waals surface area contributed by atoms with Crippen LogP contribution in [0.1, 0.15) is 39.0 Å². The van der Waals surface area contributed by atoms with Gasteiger partial charge < -0.3 is 10.6 Å². The van der Waals surface area contributed by atoms with Gasteiger partial charge in [-0.1, -0.05) is 19.8 Å². The summed E-state index contributed by atoms with van der Waals surface area (Å²) in [6.07, 6.45) is 6.21. The molecule has 20 heavy (non-hydrogen) atoms. The van der Waals surface area contributed by atoms with Crippen molar-refractivity contribution >= 4 is 17.1 Å². The SMILES string of the molecule is CCCC1CCCN(c2ccc([N+](=O)[O-])c(N)c2)CC1. The van der Waals surface area contributed by atoms with E-state index in [1.165, 1.54) is 38.2 Å². The van der Waals surface area contributed by atoms with E-state index in [0.717, 1.165) is 24.7 Å². The van der Waals surface area contributed by atoms with Gasteiger partial charge in [-0.15, -0.1) is 0 Å². The van der Waals surface area contributed by atoms with Crippen LogP contribution in [0, 0.1) is 16.0 Å². The lowest BCUT2D eigenvalue weighted by molar-refractivity contribution is -0.383. The monoisotopic (exact) mass is 277 g/mol. The molecule has 1 saturated heterocycles. The van der Waals surface area contributed by atoms with Gasteiger partial charge in [0.15, 0.2) is 0 Å². The lowest BCUT2D eigenvalue weighted by Gasteiger charge is -2.23. The van der Waals surface area contributed by atoms with Crippen LogP contribution in [0.15, 0.2) is 18.2 Å². The van der Waals surface area contributed by atoms with Crippen molar-refractivity contribution in [1.82, 2.24) is 0 Å². The summed E-state index contributed by atoms with van der Waals surface area (Å²) < 4.78 is 0. The highest BCUT2D eigenvalue weighted by Crippen LogP contribution is 2.30. The van der Waals surface area contributed by atoms with Crippen molar-refractivity contribution < 1.29 is 4.92 Å². The fraction of sp³-hybridized carbons (Fsp3) is 0.600. The minimum absolute atomic E-state index is 0.00701. The Balaban J connectivity index is 2.08. The van der Waals surface area contributed by atoms with Crippen LogP contribution in [0.4, 0.5) is 17.1 Å². The van der Waals surface area contributed by atoms with Gasteiger partial charge in [0, 0.05) is 24.8 Å². The number of nitro benzene ring substituents is 1. The molecule has 0 amide bonds. The summed E-state index contributed by atoms with van der Waals surface area (Å²) in [6, 6.07) is 5.06. The van der Waals surface area contributed by atoms with Gasteiger partial charge in [0.2, 0.25) is 0 Å². The number of benzene rings is 1. The van der Waals surface area contributed by atoms with Crippen LogP contribution in [0.25, 0.3) is 0 Å². The molecule has 1 aliphatic rings. The Morgan fingerprint density at radius 2 is 2.20 bits per heavy atom. The first kappa shape index (κ1) is 14.6. The Morgan fingerprint density at radius 3 is 2.85 bits per heavy atom. The molecule has 1 unspecified atom stereocenters. The Labute approximate surface area is 119 Å². The summed E-state index contributed by atoms with van der Waals surface area (Å²) in [4.78, 5) is 12.7. The van der Waals surface area contributed by atoms with Gasteiger partial charge in [0.05, 0.1) is 4.92 Å². The average Bonchev–Trinajstić information content (AvgIpc) is 2.64. The van der Waals surface area contributed by atoms with Gasteiger partial charge in [-0.25, -0.2) is 0 Å². The number of nitrogen functional groups attached to an aromatic ring is 1. The van der Waals surface area contributed by atoms with Gasteiger partial charge in [0.1, 0.15) is 5.69 Å². The van der Waals surface area contributed by atoms with E-state index in [-0.39, 0.29) is 11.4 Å². The summed E-state index contributed by atoms with van der Waals surface area (Å²) in [7, 11) is 0. The number of hydrogen-bond donors (Lipinski definition) is 1. The van der Waals surface area contributed by atoms with Crippen LogP contribution in [0.2, 0.25) is 0 Å². The molecule has 1 aromatic carbocycles. The van der Waals surface area contributed by atoms with Crippen LogP contribution >= 0.6 is 0 Å². The van der Waals surface area contributed by atoms with E-state index < -0.39 is 4.92 Å². The standard InChI is InChI=1S/C15H23N3O2/c1-2-4-12-5-3-9-17(10-8-12)13-6-7-15(18(19)20)14(16)11-13/h6-7,11-12H,2-5,8-10,16H2,1H3. The van der Waals surface area contributed by atoms with E-state index in [2.05, 4.69) is 11.8 Å². The summed E-state index contributed by atoms with van der Waals surface area (Å²) in [5, 5.41) is 10.8. The van der Waals surface area contributed by atoms with E-state index in [9.17, 15) is 10.1 Å². The van der Waals surface area contributed by atoms with E-state index in [4.69, 9.17) is 5.73 Å². The zero-order valence-electron chi connectivity index (χ0n) is 12.0. The van der Waals surface area contributed by atoms with Crippen molar-refractivity contribution in [2.45, 2.75) is 39.0 Å². The Kier molecular flexibility index (Phi) is 4.82. The van der Waals surface area contributed by atoms with Crippen molar-refractivity contribution in [3.63, 3.8) is 0 Å². The molecule has 5 nitrogen and oxygen atoms in total. The van der Waals surface area contributed by atoms with Crippen LogP contribution in [-0.4, -0.2) is 18.0 Å². The molecular formula is C15H23N3O2. The molecular weight excluding hydrogens is 254 g/mol. The third-order valence-corrected chi connectivity index (χ3v) is 4.12. The van der Waals surface area contributed by atoms with Gasteiger partial charge in [0.25, 0.3) is 5.69 Å². The largest absolute Gasteiger partial charge is 0.393 e. The van der Waals surface area contributed by atoms with Gasteiger partial charge in [-0.3, -0.25) is 10.1 Å². The average molecular weight is 277 g/mol. The van der Waals surface area contributed by atoms with E-state index in [1.807, 2.05) is 6.07 Å². The van der Waals surface area contributed by atoms with E-state index in [0.29, 0.717) is 0 Å². The van der Waals surface area contributed by atoms with Crippen molar-refractivity contribution in [2.24, 2.45) is 5.92 Å². The second-order valence-corrected chi connectivity index (χ2v) is 5.57. The summed E-state index contributed by atoms with van der Waals surface area (Å²) in [5.41, 5.74) is 7.02. The number of hydrogen-bond acceptors (Lipinski definition) is 4. The van der Waals surface area contributed by atoms with Crippen molar-refractivity contribution in [2.75, 3.05) is 23.7 Å². The molecule has 1 atom stereocenters. The molecule has 0 bridgehead atoms. The predicted octanol–water partition coefficient (Wildman–Crippen LogP) is 3.58. The highest BCUT2D eigenvalue weighted by molar-refractivity contribution is 5.66. The second kappa shape index (κ2) is 6.59. The normalized spacial score (nSPS) is 19.6. The fourth-order valence-electron chi connectivity index (χ4n) is 3.03. The summed E-state index contributed by atoms with van der Waals surface area (Å²) in [6.45, 7) is 4.26. The maximum Gasteiger partial charge on any atom is 0.292 e. The van der Waals surface area contributed by atoms with Crippen molar-refractivity contribution in [1.29, 1.82) is 0 Å². The second-order valence-electron chi connectivity index (χ2n) is 5.57. The fourth-order valence-corrected chi connectivity index (χ4v) is 3.03. The zero-order chi connectivity index (χ0) is 14.5. The predicted molar refractivity (Wildman–Crippen MR) is 82.0 cm³/mol. The third kappa shape index (κ3) is 3.40. The molecule has 2 rings (SSSR count). The van der Waals surface area contributed by atoms with Gasteiger partial charge >= 0.3 is 0 Å². The Morgan fingerprint density at radius 1 is 1.40 bits per heavy atom. The number of anilines is 2. The summed E-state index contributed by atoms with van der Waals surface area (Å²) in [5.74, 6) is 0.820. The molecule has 2 N–H and O–H groups in total. The first-order valence-corrected chi connectivity index (χ1v) is 7.40. The Bertz CT molecular complexity index is 476. The molecule has 5 heteroatoms. The van der Waals surface area contributed by atoms with Crippen molar-refractivity contribution in [3.8, 4) is 0 Å². The molecule has 0 saturated carbocycles. The van der Waals surface area contributed by atoms with Crippen LogP contribution < -0.4 is 10.6 Å².